The summed E-state index contributed by atoms with van der Waals surface area (Å²) in [5, 5.41) is 12.2. The molecule has 0 radical (unpaired) electrons. The zero-order valence-electron chi connectivity index (χ0n) is 15.4. The van der Waals surface area contributed by atoms with Crippen LogP contribution in [0.5, 0.6) is 0 Å². The van der Waals surface area contributed by atoms with Crippen molar-refractivity contribution in [2.75, 3.05) is 6.54 Å². The highest BCUT2D eigenvalue weighted by atomic mass is 35.5. The van der Waals surface area contributed by atoms with Crippen LogP contribution < -0.4 is 5.32 Å². The van der Waals surface area contributed by atoms with Crippen LogP contribution in [0.3, 0.4) is 0 Å². The molecule has 0 spiro atoms. The minimum absolute atomic E-state index is 0.00145. The Morgan fingerprint density at radius 3 is 2.62 bits per heavy atom. The minimum atomic E-state index is -4.06. The van der Waals surface area contributed by atoms with E-state index in [9.17, 15) is 17.6 Å². The fourth-order valence-corrected chi connectivity index (χ4v) is 4.97. The molecule has 29 heavy (non-hydrogen) atoms. The summed E-state index contributed by atoms with van der Waals surface area (Å²) in [6.45, 7) is 0.317. The summed E-state index contributed by atoms with van der Waals surface area (Å²) in [5.74, 6) is -1.06. The molecule has 0 bridgehead atoms. The number of nitrogens with one attached hydrogen (secondary N) is 1. The Morgan fingerprint density at radius 2 is 1.93 bits per heavy atom. The van der Waals surface area contributed by atoms with Crippen molar-refractivity contribution >= 4 is 27.5 Å². The highest BCUT2D eigenvalue weighted by molar-refractivity contribution is 7.89. The molecule has 1 atom stereocenters. The molecule has 6 nitrogen and oxygen atoms in total. The number of rotatable bonds is 5. The van der Waals surface area contributed by atoms with E-state index in [4.69, 9.17) is 16.9 Å². The Labute approximate surface area is 173 Å². The van der Waals surface area contributed by atoms with E-state index in [0.29, 0.717) is 30.0 Å². The number of sulfonamides is 1. The summed E-state index contributed by atoms with van der Waals surface area (Å²) in [4.78, 5) is 12.6. The van der Waals surface area contributed by atoms with Crippen molar-refractivity contribution in [3.63, 3.8) is 0 Å². The van der Waals surface area contributed by atoms with Gasteiger partial charge in [0, 0.05) is 18.1 Å². The smallest absolute Gasteiger partial charge is 0.244 e. The lowest BCUT2D eigenvalue weighted by molar-refractivity contribution is -0.124. The van der Waals surface area contributed by atoms with Crippen LogP contribution >= 0.6 is 11.6 Å². The van der Waals surface area contributed by atoms with E-state index in [-0.39, 0.29) is 22.9 Å². The molecule has 2 aromatic rings. The van der Waals surface area contributed by atoms with E-state index >= 15 is 0 Å². The molecular weight excluding hydrogens is 417 g/mol. The molecule has 1 aliphatic rings. The second-order valence-corrected chi connectivity index (χ2v) is 9.06. The second-order valence-electron chi connectivity index (χ2n) is 6.73. The van der Waals surface area contributed by atoms with Crippen molar-refractivity contribution in [1.82, 2.24) is 9.62 Å². The Balaban J connectivity index is 2.05. The van der Waals surface area contributed by atoms with Gasteiger partial charge in [0.05, 0.1) is 10.5 Å². The van der Waals surface area contributed by atoms with Gasteiger partial charge >= 0.3 is 0 Å². The second kappa shape index (κ2) is 8.91. The van der Waals surface area contributed by atoms with Gasteiger partial charge in [-0.3, -0.25) is 4.79 Å². The average molecular weight is 436 g/mol. The van der Waals surface area contributed by atoms with E-state index in [0.717, 1.165) is 16.8 Å². The molecule has 9 heteroatoms. The number of nitriles is 1. The van der Waals surface area contributed by atoms with Crippen LogP contribution in [-0.4, -0.2) is 31.2 Å². The summed E-state index contributed by atoms with van der Waals surface area (Å²) in [6, 6.07) is 10.4. The number of carbonyl (C=O) groups is 1. The third-order valence-corrected chi connectivity index (χ3v) is 6.88. The van der Waals surface area contributed by atoms with Gasteiger partial charge in [0.1, 0.15) is 17.9 Å². The maximum atomic E-state index is 13.7. The van der Waals surface area contributed by atoms with Crippen molar-refractivity contribution < 1.29 is 17.6 Å². The Kier molecular flexibility index (Phi) is 6.52. The molecule has 2 aromatic carbocycles. The maximum absolute atomic E-state index is 13.7. The fraction of sp³-hybridized carbons (Fsp3) is 0.300. The third kappa shape index (κ3) is 4.75. The topological polar surface area (TPSA) is 90.3 Å². The van der Waals surface area contributed by atoms with E-state index in [1.165, 1.54) is 36.4 Å². The number of halogens is 2. The first-order valence-corrected chi connectivity index (χ1v) is 10.9. The van der Waals surface area contributed by atoms with Gasteiger partial charge in [0.15, 0.2) is 0 Å². The van der Waals surface area contributed by atoms with Gasteiger partial charge in [-0.15, -0.1) is 0 Å². The van der Waals surface area contributed by atoms with Crippen LogP contribution in [0.15, 0.2) is 47.4 Å². The number of nitrogens with zero attached hydrogens (tertiary/aromatic N) is 2. The standard InChI is InChI=1S/C20H19ClFN3O3S/c21-16-5-7-17(8-6-16)29(27,28)25(19-3-1-2-10-24-20(19)26)13-14-4-9-18(22)15(11-14)12-23/h4-9,11,19H,1-3,10,13H2,(H,24,26). The number of hydrogen-bond acceptors (Lipinski definition) is 4. The monoisotopic (exact) mass is 435 g/mol. The van der Waals surface area contributed by atoms with Crippen LogP contribution in [0.4, 0.5) is 4.39 Å². The van der Waals surface area contributed by atoms with E-state index in [2.05, 4.69) is 5.32 Å². The molecular formula is C20H19ClFN3O3S. The molecule has 0 saturated carbocycles. The molecule has 0 aromatic heterocycles. The highest BCUT2D eigenvalue weighted by Crippen LogP contribution is 2.26. The third-order valence-electron chi connectivity index (χ3n) is 4.76. The Bertz CT molecular complexity index is 1050. The average Bonchev–Trinajstić information content (AvgIpc) is 2.91. The predicted molar refractivity (Wildman–Crippen MR) is 106 cm³/mol. The quantitative estimate of drug-likeness (QED) is 0.780. The lowest BCUT2D eigenvalue weighted by atomic mass is 10.1. The van der Waals surface area contributed by atoms with Gasteiger partial charge in [-0.1, -0.05) is 17.7 Å². The first-order valence-electron chi connectivity index (χ1n) is 9.06. The van der Waals surface area contributed by atoms with Crippen LogP contribution in [-0.2, 0) is 21.4 Å². The molecule has 0 aliphatic carbocycles. The van der Waals surface area contributed by atoms with Crippen LogP contribution in [0.2, 0.25) is 5.02 Å². The molecule has 1 N–H and O–H groups in total. The summed E-state index contributed by atoms with van der Waals surface area (Å²) in [7, 11) is -4.06. The van der Waals surface area contributed by atoms with Crippen molar-refractivity contribution in [3.05, 3.63) is 64.4 Å². The SMILES string of the molecule is N#Cc1cc(CN(C2CCCCNC2=O)S(=O)(=O)c2ccc(Cl)cc2)ccc1F. The van der Waals surface area contributed by atoms with E-state index in [1.54, 1.807) is 6.07 Å². The van der Waals surface area contributed by atoms with Crippen molar-refractivity contribution in [1.29, 1.82) is 5.26 Å². The summed E-state index contributed by atoms with van der Waals surface area (Å²) >= 11 is 5.87. The lowest BCUT2D eigenvalue weighted by Crippen LogP contribution is -2.48. The molecule has 1 amide bonds. The first-order chi connectivity index (χ1) is 13.8. The zero-order valence-corrected chi connectivity index (χ0v) is 17.0. The van der Waals surface area contributed by atoms with Crippen molar-refractivity contribution in [2.24, 2.45) is 0 Å². The van der Waals surface area contributed by atoms with Gasteiger partial charge in [-0.2, -0.15) is 9.57 Å². The van der Waals surface area contributed by atoms with Gasteiger partial charge in [-0.05, 0) is 61.2 Å². The van der Waals surface area contributed by atoms with Gasteiger partial charge < -0.3 is 5.32 Å². The van der Waals surface area contributed by atoms with E-state index in [1.807, 2.05) is 0 Å². The molecule has 1 heterocycles. The lowest BCUT2D eigenvalue weighted by Gasteiger charge is -2.29. The number of amides is 1. The van der Waals surface area contributed by atoms with Gasteiger partial charge in [-0.25, -0.2) is 12.8 Å². The van der Waals surface area contributed by atoms with Crippen LogP contribution in [0.1, 0.15) is 30.4 Å². The largest absolute Gasteiger partial charge is 0.355 e. The number of hydrogen-bond donors (Lipinski definition) is 1. The molecule has 1 fully saturated rings. The molecule has 1 saturated heterocycles. The van der Waals surface area contributed by atoms with Gasteiger partial charge in [0.25, 0.3) is 0 Å². The van der Waals surface area contributed by atoms with Gasteiger partial charge in [0.2, 0.25) is 15.9 Å². The van der Waals surface area contributed by atoms with Crippen molar-refractivity contribution in [2.45, 2.75) is 36.7 Å². The molecule has 1 unspecified atom stereocenters. The highest BCUT2D eigenvalue weighted by Gasteiger charge is 2.36. The molecule has 1 aliphatic heterocycles. The summed E-state index contributed by atoms with van der Waals surface area (Å²) < 4.78 is 41.6. The van der Waals surface area contributed by atoms with Crippen LogP contribution in [0.25, 0.3) is 0 Å². The summed E-state index contributed by atoms with van der Waals surface area (Å²) in [6.07, 6.45) is 1.81. The summed E-state index contributed by atoms with van der Waals surface area (Å²) in [5.41, 5.74) is 0.231. The fourth-order valence-electron chi connectivity index (χ4n) is 3.24. The minimum Gasteiger partial charge on any atom is -0.355 e. The number of carbonyl (C=O) groups excluding carboxylic acids is 1. The first kappa shape index (κ1) is 21.2. The van der Waals surface area contributed by atoms with E-state index < -0.39 is 21.9 Å². The maximum Gasteiger partial charge on any atom is 0.244 e. The predicted octanol–water partition coefficient (Wildman–Crippen LogP) is 3.21. The van der Waals surface area contributed by atoms with Crippen LogP contribution in [0, 0.1) is 17.1 Å². The number of benzene rings is 2. The normalized spacial score (nSPS) is 17.4. The Morgan fingerprint density at radius 1 is 1.21 bits per heavy atom. The zero-order chi connectivity index (χ0) is 21.0. The molecule has 3 rings (SSSR count). The van der Waals surface area contributed by atoms with Crippen molar-refractivity contribution in [3.8, 4) is 6.07 Å². The molecule has 152 valence electrons. The Hall–Kier alpha value is -2.47.